The van der Waals surface area contributed by atoms with E-state index in [-0.39, 0.29) is 17.8 Å². The average molecular weight is 616 g/mol. The van der Waals surface area contributed by atoms with Crippen molar-refractivity contribution < 1.29 is 23.1 Å². The van der Waals surface area contributed by atoms with Gasteiger partial charge >= 0.3 is 0 Å². The monoisotopic (exact) mass is 615 g/mol. The highest BCUT2D eigenvalue weighted by atomic mass is 32.1. The summed E-state index contributed by atoms with van der Waals surface area (Å²) in [5.74, 6) is 0.657. The van der Waals surface area contributed by atoms with E-state index >= 15 is 0 Å². The number of halogens is 2. The molecule has 5 aromatic rings. The van der Waals surface area contributed by atoms with E-state index in [1.165, 1.54) is 27.4 Å². The number of fused-ring (bicyclic) bond motifs is 1. The number of nitrogens with two attached hydrogens (primary N) is 1. The number of aromatic hydroxyl groups is 1. The summed E-state index contributed by atoms with van der Waals surface area (Å²) in [4.78, 5) is 24.8. The van der Waals surface area contributed by atoms with Crippen LogP contribution >= 0.6 is 20.6 Å². The number of phenolic OH excluding ortho intramolecular Hbond substituents is 1. The lowest BCUT2D eigenvalue weighted by Gasteiger charge is -2.11. The zero-order valence-corrected chi connectivity index (χ0v) is 26.2. The Morgan fingerprint density at radius 3 is 2.40 bits per heavy atom. The number of aromatic nitrogens is 3. The SMILES string of the molecule is CC.CC.Cc1nc(-c2ccc(O)c3nc(C(F)(F)P)ccc23)oc1CN.O=CNCc1ccc(-c2ccccn2)s1. The molecule has 4 aromatic heterocycles. The van der Waals surface area contributed by atoms with Crippen LogP contribution in [0.15, 0.2) is 65.2 Å². The summed E-state index contributed by atoms with van der Waals surface area (Å²) in [6.07, 6.45) is 2.48. The van der Waals surface area contributed by atoms with E-state index in [2.05, 4.69) is 20.3 Å². The number of hydrogen-bond acceptors (Lipinski definition) is 8. The second kappa shape index (κ2) is 16.6. The number of phenols is 1. The number of nitrogens with one attached hydrogen (secondary N) is 1. The highest BCUT2D eigenvalue weighted by molar-refractivity contribution is 7.17. The van der Waals surface area contributed by atoms with Gasteiger partial charge in [0.2, 0.25) is 12.3 Å². The van der Waals surface area contributed by atoms with Crippen LogP contribution in [0.1, 0.15) is 49.7 Å². The molecule has 4 heterocycles. The number of oxazole rings is 1. The first kappa shape index (κ1) is 34.4. The first-order chi connectivity index (χ1) is 20.2. The quantitative estimate of drug-likeness (QED) is 0.129. The van der Waals surface area contributed by atoms with E-state index in [0.29, 0.717) is 41.2 Å². The summed E-state index contributed by atoms with van der Waals surface area (Å²) in [6, 6.07) is 15.5. The predicted octanol–water partition coefficient (Wildman–Crippen LogP) is 7.40. The van der Waals surface area contributed by atoms with Crippen molar-refractivity contribution in [2.75, 3.05) is 0 Å². The fraction of sp³-hybridized carbons (Fsp3) is 0.267. The Morgan fingerprint density at radius 1 is 1.07 bits per heavy atom. The molecule has 8 nitrogen and oxygen atoms in total. The third kappa shape index (κ3) is 8.85. The number of amides is 1. The van der Waals surface area contributed by atoms with Gasteiger partial charge in [0.25, 0.3) is 5.66 Å². The van der Waals surface area contributed by atoms with Gasteiger partial charge in [0.1, 0.15) is 22.7 Å². The Kier molecular flexibility index (Phi) is 13.6. The highest BCUT2D eigenvalue weighted by Gasteiger charge is 2.27. The molecule has 224 valence electrons. The van der Waals surface area contributed by atoms with Gasteiger partial charge in [-0.1, -0.05) is 43.0 Å². The van der Waals surface area contributed by atoms with Crippen molar-refractivity contribution in [1.29, 1.82) is 0 Å². The Hall–Kier alpha value is -3.79. The zero-order valence-electron chi connectivity index (χ0n) is 24.2. The van der Waals surface area contributed by atoms with Gasteiger partial charge in [-0.05, 0) is 55.5 Å². The number of alkyl halides is 2. The molecule has 5 rings (SSSR count). The predicted molar refractivity (Wildman–Crippen MR) is 168 cm³/mol. The molecule has 0 saturated carbocycles. The van der Waals surface area contributed by atoms with Crippen LogP contribution in [0.4, 0.5) is 8.78 Å². The number of hydrogen-bond donors (Lipinski definition) is 3. The lowest BCUT2D eigenvalue weighted by molar-refractivity contribution is -0.109. The minimum Gasteiger partial charge on any atom is -0.506 e. The number of pyridine rings is 2. The van der Waals surface area contributed by atoms with Crippen molar-refractivity contribution in [3.05, 3.63) is 82.8 Å². The van der Waals surface area contributed by atoms with Crippen molar-refractivity contribution in [2.24, 2.45) is 5.73 Å². The average Bonchev–Trinajstić information content (AvgIpc) is 3.65. The molecule has 0 bridgehead atoms. The molecule has 1 aromatic carbocycles. The summed E-state index contributed by atoms with van der Waals surface area (Å²) in [5, 5.41) is 13.1. The molecule has 1 atom stereocenters. The Bertz CT molecular complexity index is 1560. The largest absolute Gasteiger partial charge is 0.506 e. The summed E-state index contributed by atoms with van der Waals surface area (Å²) in [6.45, 7) is 10.6. The number of benzene rings is 1. The van der Waals surface area contributed by atoms with Gasteiger partial charge in [-0.25, -0.2) is 9.97 Å². The third-order valence-electron chi connectivity index (χ3n) is 5.42. The molecule has 0 aliphatic carbocycles. The summed E-state index contributed by atoms with van der Waals surface area (Å²) < 4.78 is 32.4. The second-order valence-corrected chi connectivity index (χ2v) is 9.95. The minimum atomic E-state index is -3.18. The van der Waals surface area contributed by atoms with Gasteiger partial charge in [-0.15, -0.1) is 11.3 Å². The number of thiophene rings is 1. The summed E-state index contributed by atoms with van der Waals surface area (Å²) >= 11 is 1.64. The molecule has 0 spiro atoms. The van der Waals surface area contributed by atoms with Crippen LogP contribution in [0.25, 0.3) is 32.9 Å². The van der Waals surface area contributed by atoms with Gasteiger partial charge in [-0.2, -0.15) is 8.78 Å². The molecule has 42 heavy (non-hydrogen) atoms. The Morgan fingerprint density at radius 2 is 1.81 bits per heavy atom. The molecular weight excluding hydrogens is 579 g/mol. The molecule has 0 fully saturated rings. The fourth-order valence-electron chi connectivity index (χ4n) is 3.57. The smallest absolute Gasteiger partial charge is 0.300 e. The number of aryl methyl sites for hydroxylation is 1. The van der Waals surface area contributed by atoms with Gasteiger partial charge in [-0.3, -0.25) is 9.78 Å². The molecule has 1 unspecified atom stereocenters. The first-order valence-electron chi connectivity index (χ1n) is 13.3. The molecule has 0 aliphatic heterocycles. The lowest BCUT2D eigenvalue weighted by atomic mass is 10.1. The van der Waals surface area contributed by atoms with E-state index in [4.69, 9.17) is 10.2 Å². The molecule has 0 radical (unpaired) electrons. The van der Waals surface area contributed by atoms with Gasteiger partial charge in [0.15, 0.2) is 0 Å². The normalized spacial score (nSPS) is 10.4. The first-order valence-corrected chi connectivity index (χ1v) is 14.7. The van der Waals surface area contributed by atoms with Gasteiger partial charge < -0.3 is 20.6 Å². The minimum absolute atomic E-state index is 0.0623. The van der Waals surface area contributed by atoms with E-state index in [0.717, 1.165) is 15.4 Å². The number of nitrogens with zero attached hydrogens (tertiary/aromatic N) is 3. The maximum atomic E-state index is 13.4. The van der Waals surface area contributed by atoms with E-state index in [9.17, 15) is 18.7 Å². The number of rotatable bonds is 7. The van der Waals surface area contributed by atoms with Crippen LogP contribution < -0.4 is 11.1 Å². The van der Waals surface area contributed by atoms with E-state index in [1.54, 1.807) is 30.5 Å². The molecule has 0 saturated heterocycles. The molecule has 0 aliphatic rings. The fourth-order valence-corrected chi connectivity index (χ4v) is 4.67. The maximum absolute atomic E-state index is 13.4. The number of carbonyl (C=O) groups is 1. The standard InChI is InChI=1S/C15H14F2N3O2P.C11H10N2OS.2C2H6/c1-7-11(6-18)22-14(19-7)9-2-4-10(21)13-8(9)3-5-12(20-13)15(16,17)23;14-8-12-7-9-4-5-11(15-9)10-3-1-2-6-13-10;2*1-2/h2-5,21H,6,18,23H2,1H3;1-6,8H,7H2,(H,12,14);2*1-2H3. The summed E-state index contributed by atoms with van der Waals surface area (Å²) in [5.41, 5.74) is 4.19. The van der Waals surface area contributed by atoms with Crippen LogP contribution in [0.3, 0.4) is 0 Å². The third-order valence-corrected chi connectivity index (χ3v) is 6.83. The highest BCUT2D eigenvalue weighted by Crippen LogP contribution is 2.38. The van der Waals surface area contributed by atoms with Crippen LogP contribution in [0, 0.1) is 6.92 Å². The topological polar surface area (TPSA) is 127 Å². The van der Waals surface area contributed by atoms with Crippen molar-refractivity contribution in [2.45, 2.75) is 53.4 Å². The number of carbonyl (C=O) groups excluding carboxylic acids is 1. The molecule has 1 amide bonds. The van der Waals surface area contributed by atoms with Crippen LogP contribution in [0.2, 0.25) is 0 Å². The Labute approximate surface area is 250 Å². The van der Waals surface area contributed by atoms with Gasteiger partial charge in [0, 0.05) is 22.0 Å². The zero-order chi connectivity index (χ0) is 31.3. The maximum Gasteiger partial charge on any atom is 0.300 e. The lowest BCUT2D eigenvalue weighted by Crippen LogP contribution is -2.07. The Balaban J connectivity index is 0.000000281. The van der Waals surface area contributed by atoms with Crippen molar-refractivity contribution in [3.8, 4) is 27.8 Å². The van der Waals surface area contributed by atoms with E-state index < -0.39 is 11.4 Å². The van der Waals surface area contributed by atoms with E-state index in [1.807, 2.05) is 58.0 Å². The van der Waals surface area contributed by atoms with Crippen molar-refractivity contribution >= 4 is 37.9 Å². The van der Waals surface area contributed by atoms with Crippen LogP contribution in [-0.2, 0) is 23.5 Å². The van der Waals surface area contributed by atoms with Crippen LogP contribution in [-0.4, -0.2) is 26.5 Å². The van der Waals surface area contributed by atoms with Gasteiger partial charge in [0.05, 0.1) is 29.4 Å². The van der Waals surface area contributed by atoms with Crippen LogP contribution in [0.5, 0.6) is 5.75 Å². The second-order valence-electron chi connectivity index (χ2n) is 8.06. The van der Waals surface area contributed by atoms with Crippen molar-refractivity contribution in [1.82, 2.24) is 20.3 Å². The molecule has 12 heteroatoms. The molecule has 4 N–H and O–H groups in total. The summed E-state index contributed by atoms with van der Waals surface area (Å²) in [7, 11) is 1.43. The molecular formula is C30H36F2N5O3PS. The van der Waals surface area contributed by atoms with Crippen molar-refractivity contribution in [3.63, 3.8) is 0 Å².